The fourth-order valence-corrected chi connectivity index (χ4v) is 3.42. The molecule has 0 fully saturated rings. The fraction of sp³-hybridized carbons (Fsp3) is 0.200. The first-order chi connectivity index (χ1) is 9.77. The van der Waals surface area contributed by atoms with E-state index < -0.39 is 10.0 Å². The Morgan fingerprint density at radius 2 is 1.57 bits per heavy atom. The Labute approximate surface area is 129 Å². The van der Waals surface area contributed by atoms with Gasteiger partial charge in [0, 0.05) is 9.79 Å². The summed E-state index contributed by atoms with van der Waals surface area (Å²) in [7, 11) is -3.77. The molecule has 112 valence electrons. The number of benzene rings is 2. The molecule has 0 radical (unpaired) electrons. The van der Waals surface area contributed by atoms with Crippen molar-refractivity contribution in [3.05, 3.63) is 48.0 Å². The van der Waals surface area contributed by atoms with E-state index in [4.69, 9.17) is 10.9 Å². The van der Waals surface area contributed by atoms with Crippen molar-refractivity contribution in [2.24, 2.45) is 5.14 Å². The molecular formula is C15H18N2O2S2. The van der Waals surface area contributed by atoms with Crippen molar-refractivity contribution >= 4 is 27.5 Å². The zero-order valence-electron chi connectivity index (χ0n) is 11.9. The number of nitrogens with two attached hydrogens (primary N) is 2. The predicted molar refractivity (Wildman–Crippen MR) is 86.9 cm³/mol. The number of nitrogen functional groups attached to an aromatic ring is 1. The van der Waals surface area contributed by atoms with Crippen LogP contribution in [0.4, 0.5) is 5.69 Å². The summed E-state index contributed by atoms with van der Waals surface area (Å²) in [6.45, 7) is 4.30. The van der Waals surface area contributed by atoms with Gasteiger partial charge in [-0.1, -0.05) is 37.7 Å². The van der Waals surface area contributed by atoms with Crippen molar-refractivity contribution in [3.63, 3.8) is 0 Å². The van der Waals surface area contributed by atoms with Crippen molar-refractivity contribution in [1.29, 1.82) is 0 Å². The predicted octanol–water partition coefficient (Wildman–Crippen LogP) is 3.19. The topological polar surface area (TPSA) is 86.2 Å². The maximum atomic E-state index is 11.3. The summed E-state index contributed by atoms with van der Waals surface area (Å²) in [5, 5.41) is 5.09. The van der Waals surface area contributed by atoms with Crippen LogP contribution in [-0.4, -0.2) is 8.42 Å². The Morgan fingerprint density at radius 1 is 1.00 bits per heavy atom. The first-order valence-electron chi connectivity index (χ1n) is 6.47. The van der Waals surface area contributed by atoms with E-state index in [1.54, 1.807) is 12.1 Å². The Balaban J connectivity index is 2.22. The van der Waals surface area contributed by atoms with Gasteiger partial charge in [-0.2, -0.15) is 0 Å². The highest BCUT2D eigenvalue weighted by Crippen LogP contribution is 2.31. The van der Waals surface area contributed by atoms with Crippen LogP contribution in [0.25, 0.3) is 0 Å². The van der Waals surface area contributed by atoms with E-state index in [0.29, 0.717) is 5.92 Å². The molecule has 0 saturated carbocycles. The Hall–Kier alpha value is -1.50. The fourth-order valence-electron chi connectivity index (χ4n) is 1.91. The van der Waals surface area contributed by atoms with Gasteiger partial charge in [0.15, 0.2) is 0 Å². The lowest BCUT2D eigenvalue weighted by molar-refractivity contribution is 0.598. The molecule has 6 heteroatoms. The molecule has 0 bridgehead atoms. The second-order valence-corrected chi connectivity index (χ2v) is 7.75. The number of rotatable bonds is 4. The average molecular weight is 322 g/mol. The molecule has 0 aliphatic carbocycles. The first kappa shape index (κ1) is 15.9. The third kappa shape index (κ3) is 4.00. The zero-order chi connectivity index (χ0) is 15.6. The van der Waals surface area contributed by atoms with E-state index in [2.05, 4.69) is 26.0 Å². The van der Waals surface area contributed by atoms with Crippen molar-refractivity contribution < 1.29 is 8.42 Å². The van der Waals surface area contributed by atoms with Crippen molar-refractivity contribution in [2.75, 3.05) is 5.73 Å². The minimum absolute atomic E-state index is 0.0398. The van der Waals surface area contributed by atoms with Crippen LogP contribution in [0.15, 0.2) is 57.2 Å². The van der Waals surface area contributed by atoms with E-state index in [1.165, 1.54) is 23.4 Å². The Morgan fingerprint density at radius 3 is 2.05 bits per heavy atom. The molecule has 0 amide bonds. The van der Waals surface area contributed by atoms with Gasteiger partial charge in [0.05, 0.1) is 5.69 Å². The van der Waals surface area contributed by atoms with Gasteiger partial charge in [0.2, 0.25) is 10.0 Å². The lowest BCUT2D eigenvalue weighted by Crippen LogP contribution is -2.14. The third-order valence-electron chi connectivity index (χ3n) is 3.07. The molecule has 4 nitrogen and oxygen atoms in total. The van der Waals surface area contributed by atoms with Gasteiger partial charge < -0.3 is 5.73 Å². The quantitative estimate of drug-likeness (QED) is 0.846. The molecule has 0 aliphatic rings. The van der Waals surface area contributed by atoms with Gasteiger partial charge in [-0.05, 0) is 41.8 Å². The molecule has 0 saturated heterocycles. The van der Waals surface area contributed by atoms with Crippen LogP contribution >= 0.6 is 11.8 Å². The summed E-state index contributed by atoms with van der Waals surface area (Å²) in [6.07, 6.45) is 0. The molecule has 0 heterocycles. The summed E-state index contributed by atoms with van der Waals surface area (Å²) in [5.41, 5.74) is 7.20. The Bertz CT molecular complexity index is 739. The first-order valence-corrected chi connectivity index (χ1v) is 8.84. The van der Waals surface area contributed by atoms with Crippen LogP contribution in [-0.2, 0) is 10.0 Å². The second-order valence-electron chi connectivity index (χ2n) is 5.07. The molecular weight excluding hydrogens is 304 g/mol. The maximum Gasteiger partial charge on any atom is 0.240 e. The number of anilines is 1. The van der Waals surface area contributed by atoms with Gasteiger partial charge in [0.25, 0.3) is 0 Å². The van der Waals surface area contributed by atoms with E-state index in [1.807, 2.05) is 12.1 Å². The SMILES string of the molecule is CC(C)c1ccc(Sc2ccc(S(N)(=O)=O)c(N)c2)cc1. The second kappa shape index (κ2) is 6.09. The molecule has 2 aromatic carbocycles. The summed E-state index contributed by atoms with van der Waals surface area (Å²) < 4.78 is 22.6. The lowest BCUT2D eigenvalue weighted by Gasteiger charge is -2.08. The molecule has 0 spiro atoms. The van der Waals surface area contributed by atoms with Gasteiger partial charge in [-0.25, -0.2) is 13.6 Å². The van der Waals surface area contributed by atoms with Crippen LogP contribution < -0.4 is 10.9 Å². The number of hydrogen-bond donors (Lipinski definition) is 2. The third-order valence-corrected chi connectivity index (χ3v) is 5.05. The molecule has 0 atom stereocenters. The van der Waals surface area contributed by atoms with Crippen LogP contribution in [0.5, 0.6) is 0 Å². The van der Waals surface area contributed by atoms with E-state index in [9.17, 15) is 8.42 Å². The lowest BCUT2D eigenvalue weighted by atomic mass is 10.0. The molecule has 4 N–H and O–H groups in total. The number of primary sulfonamides is 1. The van der Waals surface area contributed by atoms with Crippen LogP contribution in [0.1, 0.15) is 25.3 Å². The highest BCUT2D eigenvalue weighted by molar-refractivity contribution is 7.99. The van der Waals surface area contributed by atoms with E-state index >= 15 is 0 Å². The van der Waals surface area contributed by atoms with Crippen molar-refractivity contribution in [1.82, 2.24) is 0 Å². The van der Waals surface area contributed by atoms with E-state index in [0.717, 1.165) is 9.79 Å². The summed E-state index contributed by atoms with van der Waals surface area (Å²) in [4.78, 5) is 1.90. The summed E-state index contributed by atoms with van der Waals surface area (Å²) in [5.74, 6) is 0.494. The molecule has 0 aromatic heterocycles. The summed E-state index contributed by atoms with van der Waals surface area (Å²) in [6, 6.07) is 13.0. The zero-order valence-corrected chi connectivity index (χ0v) is 13.5. The van der Waals surface area contributed by atoms with Gasteiger partial charge in [-0.3, -0.25) is 0 Å². The van der Waals surface area contributed by atoms with E-state index in [-0.39, 0.29) is 10.6 Å². The van der Waals surface area contributed by atoms with Gasteiger partial charge in [0.1, 0.15) is 4.90 Å². The van der Waals surface area contributed by atoms with Gasteiger partial charge in [-0.15, -0.1) is 0 Å². The smallest absolute Gasteiger partial charge is 0.240 e. The maximum absolute atomic E-state index is 11.3. The molecule has 2 rings (SSSR count). The van der Waals surface area contributed by atoms with Gasteiger partial charge >= 0.3 is 0 Å². The van der Waals surface area contributed by atoms with Crippen LogP contribution in [0, 0.1) is 0 Å². The highest BCUT2D eigenvalue weighted by atomic mass is 32.2. The minimum atomic E-state index is -3.77. The van der Waals surface area contributed by atoms with Crippen molar-refractivity contribution in [2.45, 2.75) is 34.5 Å². The Kier molecular flexibility index (Phi) is 4.61. The monoisotopic (exact) mass is 322 g/mol. The van der Waals surface area contributed by atoms with Crippen molar-refractivity contribution in [3.8, 4) is 0 Å². The largest absolute Gasteiger partial charge is 0.398 e. The number of sulfonamides is 1. The standard InChI is InChI=1S/C15H18N2O2S2/c1-10(2)11-3-5-12(6-4-11)20-13-7-8-15(14(16)9-13)21(17,18)19/h3-10H,16H2,1-2H3,(H2,17,18,19). The average Bonchev–Trinajstić information content (AvgIpc) is 2.37. The molecule has 2 aromatic rings. The van der Waals surface area contributed by atoms with Crippen LogP contribution in [0.3, 0.4) is 0 Å². The normalized spacial score (nSPS) is 11.8. The summed E-state index contributed by atoms with van der Waals surface area (Å²) >= 11 is 1.53. The molecule has 0 unspecified atom stereocenters. The molecule has 21 heavy (non-hydrogen) atoms. The van der Waals surface area contributed by atoms with Crippen LogP contribution in [0.2, 0.25) is 0 Å². The minimum Gasteiger partial charge on any atom is -0.398 e. The number of hydrogen-bond acceptors (Lipinski definition) is 4. The molecule has 0 aliphatic heterocycles. The highest BCUT2D eigenvalue weighted by Gasteiger charge is 2.12.